The number of hydrogen-bond acceptors (Lipinski definition) is 4. The standard InChI is InChI=1S/C21H32N2O2S/c24-26(25)15-7-20(17-26)6-11-22-12-8-21(9-13-22)10-14-23(18-21)16-19-4-2-1-3-5-19/h1-5,20H,6-18H2. The summed E-state index contributed by atoms with van der Waals surface area (Å²) in [4.78, 5) is 5.21. The van der Waals surface area contributed by atoms with Gasteiger partial charge in [0.2, 0.25) is 0 Å². The molecule has 144 valence electrons. The molecule has 0 radical (unpaired) electrons. The first kappa shape index (κ1) is 18.5. The predicted molar refractivity (Wildman–Crippen MR) is 106 cm³/mol. The van der Waals surface area contributed by atoms with E-state index in [0.717, 1.165) is 25.9 Å². The van der Waals surface area contributed by atoms with E-state index >= 15 is 0 Å². The van der Waals surface area contributed by atoms with Crippen LogP contribution in [0.25, 0.3) is 0 Å². The van der Waals surface area contributed by atoms with Gasteiger partial charge < -0.3 is 4.90 Å². The van der Waals surface area contributed by atoms with Gasteiger partial charge in [-0.1, -0.05) is 30.3 Å². The van der Waals surface area contributed by atoms with Crippen molar-refractivity contribution in [2.24, 2.45) is 11.3 Å². The fourth-order valence-electron chi connectivity index (χ4n) is 5.13. The molecule has 1 atom stereocenters. The van der Waals surface area contributed by atoms with Crippen molar-refractivity contribution < 1.29 is 8.42 Å². The molecule has 0 aliphatic carbocycles. The summed E-state index contributed by atoms with van der Waals surface area (Å²) < 4.78 is 23.2. The lowest BCUT2D eigenvalue weighted by atomic mass is 9.77. The molecule has 5 heteroatoms. The molecule has 0 aromatic heterocycles. The first-order valence-electron chi connectivity index (χ1n) is 10.2. The molecule has 1 spiro atoms. The third kappa shape index (κ3) is 4.49. The molecule has 4 nitrogen and oxygen atoms in total. The predicted octanol–water partition coefficient (Wildman–Crippen LogP) is 2.80. The fraction of sp³-hybridized carbons (Fsp3) is 0.714. The number of benzene rings is 1. The van der Waals surface area contributed by atoms with Crippen LogP contribution in [0.2, 0.25) is 0 Å². The minimum Gasteiger partial charge on any atom is -0.303 e. The maximum atomic E-state index is 11.6. The molecule has 3 aliphatic rings. The largest absolute Gasteiger partial charge is 0.303 e. The van der Waals surface area contributed by atoms with Gasteiger partial charge in [0.25, 0.3) is 0 Å². The van der Waals surface area contributed by atoms with Gasteiger partial charge in [0, 0.05) is 13.1 Å². The maximum absolute atomic E-state index is 11.6. The topological polar surface area (TPSA) is 40.6 Å². The van der Waals surface area contributed by atoms with Crippen molar-refractivity contribution in [1.82, 2.24) is 9.80 Å². The van der Waals surface area contributed by atoms with Gasteiger partial charge in [0.1, 0.15) is 0 Å². The lowest BCUT2D eigenvalue weighted by molar-refractivity contribution is 0.103. The van der Waals surface area contributed by atoms with E-state index in [1.54, 1.807) is 0 Å². The number of likely N-dealkylation sites (tertiary alicyclic amines) is 2. The van der Waals surface area contributed by atoms with Crippen LogP contribution in [-0.4, -0.2) is 62.4 Å². The van der Waals surface area contributed by atoms with Crippen molar-refractivity contribution in [3.05, 3.63) is 35.9 Å². The summed E-state index contributed by atoms with van der Waals surface area (Å²) in [5.74, 6) is 1.25. The molecule has 4 rings (SSSR count). The highest BCUT2D eigenvalue weighted by Gasteiger charge is 2.40. The normalized spacial score (nSPS) is 28.7. The van der Waals surface area contributed by atoms with Gasteiger partial charge in [-0.3, -0.25) is 4.90 Å². The second-order valence-electron chi connectivity index (χ2n) is 8.85. The van der Waals surface area contributed by atoms with Crippen molar-refractivity contribution in [2.75, 3.05) is 44.2 Å². The molecule has 26 heavy (non-hydrogen) atoms. The molecule has 0 bridgehead atoms. The van der Waals surface area contributed by atoms with Crippen LogP contribution in [0.5, 0.6) is 0 Å². The van der Waals surface area contributed by atoms with E-state index in [1.165, 1.54) is 51.0 Å². The summed E-state index contributed by atoms with van der Waals surface area (Å²) in [5.41, 5.74) is 1.95. The van der Waals surface area contributed by atoms with Crippen LogP contribution in [0.4, 0.5) is 0 Å². The Morgan fingerprint density at radius 1 is 1.00 bits per heavy atom. The van der Waals surface area contributed by atoms with Crippen molar-refractivity contribution in [3.63, 3.8) is 0 Å². The van der Waals surface area contributed by atoms with E-state index in [1.807, 2.05) is 0 Å². The summed E-state index contributed by atoms with van der Waals surface area (Å²) in [6, 6.07) is 10.8. The second kappa shape index (κ2) is 7.61. The zero-order chi connectivity index (χ0) is 18.0. The van der Waals surface area contributed by atoms with Crippen LogP contribution in [0.15, 0.2) is 30.3 Å². The van der Waals surface area contributed by atoms with Gasteiger partial charge in [-0.15, -0.1) is 0 Å². The number of hydrogen-bond donors (Lipinski definition) is 0. The van der Waals surface area contributed by atoms with Crippen LogP contribution in [-0.2, 0) is 16.4 Å². The van der Waals surface area contributed by atoms with E-state index in [-0.39, 0.29) is 0 Å². The summed E-state index contributed by atoms with van der Waals surface area (Å²) in [6.45, 7) is 7.04. The highest BCUT2D eigenvalue weighted by atomic mass is 32.2. The molecular formula is C21H32N2O2S. The monoisotopic (exact) mass is 376 g/mol. The maximum Gasteiger partial charge on any atom is 0.150 e. The minimum absolute atomic E-state index is 0.406. The highest BCUT2D eigenvalue weighted by molar-refractivity contribution is 7.91. The average Bonchev–Trinajstić information content (AvgIpc) is 3.18. The van der Waals surface area contributed by atoms with Crippen LogP contribution >= 0.6 is 0 Å². The summed E-state index contributed by atoms with van der Waals surface area (Å²) >= 11 is 0. The van der Waals surface area contributed by atoms with Crippen molar-refractivity contribution in [2.45, 2.75) is 38.6 Å². The summed E-state index contributed by atoms with van der Waals surface area (Å²) in [6.07, 6.45) is 5.90. The molecule has 3 fully saturated rings. The number of nitrogens with zero attached hydrogens (tertiary/aromatic N) is 2. The van der Waals surface area contributed by atoms with Crippen LogP contribution in [0, 0.1) is 11.3 Å². The zero-order valence-corrected chi connectivity index (χ0v) is 16.6. The molecule has 3 saturated heterocycles. The van der Waals surface area contributed by atoms with Crippen molar-refractivity contribution >= 4 is 9.84 Å². The molecule has 3 aliphatic heterocycles. The Balaban J connectivity index is 1.21. The quantitative estimate of drug-likeness (QED) is 0.792. The van der Waals surface area contributed by atoms with E-state index in [2.05, 4.69) is 40.1 Å². The molecule has 1 aromatic carbocycles. The van der Waals surface area contributed by atoms with E-state index in [9.17, 15) is 8.42 Å². The molecular weight excluding hydrogens is 344 g/mol. The SMILES string of the molecule is O=S1(=O)CCC(CCN2CCC3(CC2)CCN(Cc2ccccc2)C3)C1. The van der Waals surface area contributed by atoms with Gasteiger partial charge in [0.15, 0.2) is 9.84 Å². The van der Waals surface area contributed by atoms with Gasteiger partial charge >= 0.3 is 0 Å². The van der Waals surface area contributed by atoms with Crippen molar-refractivity contribution in [1.29, 1.82) is 0 Å². The zero-order valence-electron chi connectivity index (χ0n) is 15.8. The lowest BCUT2D eigenvalue weighted by Gasteiger charge is -2.39. The summed E-state index contributed by atoms with van der Waals surface area (Å²) in [7, 11) is -2.72. The Kier molecular flexibility index (Phi) is 5.40. The fourth-order valence-corrected chi connectivity index (χ4v) is 7.04. The van der Waals surface area contributed by atoms with E-state index in [0.29, 0.717) is 22.8 Å². The summed E-state index contributed by atoms with van der Waals surface area (Å²) in [5, 5.41) is 0. The van der Waals surface area contributed by atoms with Gasteiger partial charge in [0.05, 0.1) is 11.5 Å². The van der Waals surface area contributed by atoms with Gasteiger partial charge in [-0.25, -0.2) is 8.42 Å². The molecule has 0 N–H and O–H groups in total. The Labute approximate surface area is 158 Å². The van der Waals surface area contributed by atoms with Crippen molar-refractivity contribution in [3.8, 4) is 0 Å². The molecule has 0 saturated carbocycles. The Morgan fingerprint density at radius 3 is 2.35 bits per heavy atom. The van der Waals surface area contributed by atoms with Crippen LogP contribution in [0.1, 0.15) is 37.7 Å². The third-order valence-corrected chi connectivity index (χ3v) is 8.70. The van der Waals surface area contributed by atoms with Crippen LogP contribution < -0.4 is 0 Å². The Morgan fingerprint density at radius 2 is 1.69 bits per heavy atom. The number of rotatable bonds is 5. The molecule has 1 unspecified atom stereocenters. The van der Waals surface area contributed by atoms with E-state index < -0.39 is 9.84 Å². The number of piperidine rings is 1. The molecule has 1 aromatic rings. The van der Waals surface area contributed by atoms with E-state index in [4.69, 9.17) is 0 Å². The number of sulfone groups is 1. The average molecular weight is 377 g/mol. The third-order valence-electron chi connectivity index (χ3n) is 6.86. The Hall–Kier alpha value is -0.910. The molecule has 0 amide bonds. The highest BCUT2D eigenvalue weighted by Crippen LogP contribution is 2.41. The van der Waals surface area contributed by atoms with Crippen LogP contribution in [0.3, 0.4) is 0 Å². The first-order chi connectivity index (χ1) is 12.5. The molecule has 3 heterocycles. The second-order valence-corrected chi connectivity index (χ2v) is 11.1. The first-order valence-corrected chi connectivity index (χ1v) is 12.0. The lowest BCUT2D eigenvalue weighted by Crippen LogP contribution is -2.42. The Bertz CT molecular complexity index is 696. The smallest absolute Gasteiger partial charge is 0.150 e. The van der Waals surface area contributed by atoms with Gasteiger partial charge in [-0.2, -0.15) is 0 Å². The van der Waals surface area contributed by atoms with Gasteiger partial charge in [-0.05, 0) is 75.2 Å². The minimum atomic E-state index is -2.72.